The Morgan fingerprint density at radius 1 is 1.39 bits per heavy atom. The Morgan fingerprint density at radius 3 is 2.72 bits per heavy atom. The van der Waals surface area contributed by atoms with Crippen LogP contribution in [0.1, 0.15) is 11.1 Å². The summed E-state index contributed by atoms with van der Waals surface area (Å²) in [6.07, 6.45) is 3.86. The minimum Gasteiger partial charge on any atom is -0.388 e. The minimum absolute atomic E-state index is 0.182. The van der Waals surface area contributed by atoms with E-state index in [2.05, 4.69) is 11.9 Å². The zero-order chi connectivity index (χ0) is 13.5. The van der Waals surface area contributed by atoms with Crippen LogP contribution in [0.2, 0.25) is 0 Å². The second-order valence-electron chi connectivity index (χ2n) is 4.01. The summed E-state index contributed by atoms with van der Waals surface area (Å²) in [6.45, 7) is 5.02. The zero-order valence-electron chi connectivity index (χ0n) is 10.6. The van der Waals surface area contributed by atoms with Crippen molar-refractivity contribution < 1.29 is 8.78 Å². The molecule has 1 rings (SSSR count). The standard InChI is InChI=1S/C15H17F2N/c1-11-7-8-15(18-3)13(9-11)10-14(17)6-4-5-12(2)16/h4-9,18H,2,10H2,1,3H3/b5-4-,14-6+. The third-order valence-electron chi connectivity index (χ3n) is 2.44. The van der Waals surface area contributed by atoms with E-state index in [1.165, 1.54) is 12.2 Å². The molecule has 0 aromatic heterocycles. The smallest absolute Gasteiger partial charge is 0.116 e. The number of hydrogen-bond acceptors (Lipinski definition) is 1. The molecule has 0 radical (unpaired) electrons. The first kappa shape index (κ1) is 14.2. The summed E-state index contributed by atoms with van der Waals surface area (Å²) >= 11 is 0. The first-order valence-corrected chi connectivity index (χ1v) is 5.67. The van der Waals surface area contributed by atoms with Gasteiger partial charge in [-0.15, -0.1) is 0 Å². The molecule has 1 aromatic carbocycles. The fraction of sp³-hybridized carbons (Fsp3) is 0.200. The average molecular weight is 249 g/mol. The van der Waals surface area contributed by atoms with Crippen molar-refractivity contribution in [3.05, 3.63) is 65.8 Å². The molecule has 96 valence electrons. The molecule has 0 fully saturated rings. The fourth-order valence-corrected chi connectivity index (χ4v) is 1.61. The Morgan fingerprint density at radius 2 is 2.11 bits per heavy atom. The lowest BCUT2D eigenvalue weighted by atomic mass is 10.1. The number of allylic oxidation sites excluding steroid dienone is 5. The highest BCUT2D eigenvalue weighted by Crippen LogP contribution is 2.20. The number of rotatable bonds is 5. The maximum atomic E-state index is 13.6. The molecule has 0 unspecified atom stereocenters. The molecule has 1 nitrogen and oxygen atoms in total. The molecular formula is C15H17F2N. The van der Waals surface area contributed by atoms with Crippen LogP contribution in [-0.2, 0) is 6.42 Å². The van der Waals surface area contributed by atoms with E-state index in [1.54, 1.807) is 7.05 Å². The van der Waals surface area contributed by atoms with Crippen molar-refractivity contribution in [3.63, 3.8) is 0 Å². The number of halogens is 2. The van der Waals surface area contributed by atoms with Gasteiger partial charge in [-0.3, -0.25) is 0 Å². The Hall–Kier alpha value is -1.90. The largest absolute Gasteiger partial charge is 0.388 e. The van der Waals surface area contributed by atoms with Crippen LogP contribution >= 0.6 is 0 Å². The first-order valence-electron chi connectivity index (χ1n) is 5.67. The van der Waals surface area contributed by atoms with Gasteiger partial charge in [0.15, 0.2) is 0 Å². The summed E-state index contributed by atoms with van der Waals surface area (Å²) in [5, 5.41) is 3.02. The van der Waals surface area contributed by atoms with E-state index in [0.29, 0.717) is 0 Å². The summed E-state index contributed by atoms with van der Waals surface area (Å²) in [5.41, 5.74) is 2.84. The van der Waals surface area contributed by atoms with Gasteiger partial charge >= 0.3 is 0 Å². The van der Waals surface area contributed by atoms with Crippen molar-refractivity contribution in [3.8, 4) is 0 Å². The van der Waals surface area contributed by atoms with Gasteiger partial charge in [0, 0.05) is 19.2 Å². The molecule has 0 saturated heterocycles. The van der Waals surface area contributed by atoms with Crippen LogP contribution < -0.4 is 5.32 Å². The van der Waals surface area contributed by atoms with Crippen LogP contribution in [0.25, 0.3) is 0 Å². The molecule has 0 bridgehead atoms. The zero-order valence-corrected chi connectivity index (χ0v) is 10.6. The van der Waals surface area contributed by atoms with Crippen LogP contribution in [-0.4, -0.2) is 7.05 Å². The predicted octanol–water partition coefficient (Wildman–Crippen LogP) is 4.47. The number of anilines is 1. The highest BCUT2D eigenvalue weighted by atomic mass is 19.1. The third kappa shape index (κ3) is 4.53. The molecule has 0 aliphatic carbocycles. The van der Waals surface area contributed by atoms with E-state index in [0.717, 1.165) is 22.9 Å². The van der Waals surface area contributed by atoms with E-state index >= 15 is 0 Å². The highest BCUT2D eigenvalue weighted by molar-refractivity contribution is 5.53. The monoisotopic (exact) mass is 249 g/mol. The summed E-state index contributed by atoms with van der Waals surface area (Å²) in [7, 11) is 1.79. The summed E-state index contributed by atoms with van der Waals surface area (Å²) < 4.78 is 25.9. The molecule has 18 heavy (non-hydrogen) atoms. The Bertz CT molecular complexity index is 487. The van der Waals surface area contributed by atoms with Gasteiger partial charge in [-0.05, 0) is 30.7 Å². The molecule has 0 aliphatic heterocycles. The normalized spacial score (nSPS) is 11.9. The average Bonchev–Trinajstić information content (AvgIpc) is 2.28. The molecule has 3 heteroatoms. The van der Waals surface area contributed by atoms with Crippen molar-refractivity contribution in [1.82, 2.24) is 0 Å². The van der Waals surface area contributed by atoms with Crippen molar-refractivity contribution in [1.29, 1.82) is 0 Å². The minimum atomic E-state index is -0.592. The predicted molar refractivity (Wildman–Crippen MR) is 73.0 cm³/mol. The van der Waals surface area contributed by atoms with Crippen molar-refractivity contribution in [2.24, 2.45) is 0 Å². The van der Waals surface area contributed by atoms with E-state index in [9.17, 15) is 8.78 Å². The quantitative estimate of drug-likeness (QED) is 0.759. The molecule has 0 spiro atoms. The Labute approximate surface area is 107 Å². The van der Waals surface area contributed by atoms with Crippen molar-refractivity contribution in [2.45, 2.75) is 13.3 Å². The van der Waals surface area contributed by atoms with E-state index in [-0.39, 0.29) is 12.2 Å². The van der Waals surface area contributed by atoms with Crippen LogP contribution in [0.3, 0.4) is 0 Å². The number of benzene rings is 1. The van der Waals surface area contributed by atoms with E-state index in [4.69, 9.17) is 0 Å². The van der Waals surface area contributed by atoms with E-state index in [1.807, 2.05) is 25.1 Å². The van der Waals surface area contributed by atoms with Crippen LogP contribution in [0.4, 0.5) is 14.5 Å². The molecule has 0 amide bonds. The van der Waals surface area contributed by atoms with Crippen LogP contribution in [0.15, 0.2) is 54.7 Å². The lowest BCUT2D eigenvalue weighted by molar-refractivity contribution is 0.612. The van der Waals surface area contributed by atoms with Gasteiger partial charge in [-0.25, -0.2) is 8.78 Å². The van der Waals surface area contributed by atoms with Gasteiger partial charge in [0.2, 0.25) is 0 Å². The lowest BCUT2D eigenvalue weighted by Crippen LogP contribution is -1.96. The van der Waals surface area contributed by atoms with Gasteiger partial charge in [-0.2, -0.15) is 0 Å². The fourth-order valence-electron chi connectivity index (χ4n) is 1.61. The lowest BCUT2D eigenvalue weighted by Gasteiger charge is -2.08. The number of nitrogens with one attached hydrogen (secondary N) is 1. The molecular weight excluding hydrogens is 232 g/mol. The van der Waals surface area contributed by atoms with Gasteiger partial charge in [0.05, 0.1) is 0 Å². The summed E-state index contributed by atoms with van der Waals surface area (Å²) in [5.74, 6) is -0.917. The molecule has 1 N–H and O–H groups in total. The highest BCUT2D eigenvalue weighted by Gasteiger charge is 2.04. The summed E-state index contributed by atoms with van der Waals surface area (Å²) in [4.78, 5) is 0. The second-order valence-corrected chi connectivity index (χ2v) is 4.01. The first-order chi connectivity index (χ1) is 8.52. The van der Waals surface area contributed by atoms with Gasteiger partial charge in [0.25, 0.3) is 0 Å². The Kier molecular flexibility index (Phi) is 5.31. The number of hydrogen-bond donors (Lipinski definition) is 1. The van der Waals surface area contributed by atoms with E-state index < -0.39 is 5.83 Å². The third-order valence-corrected chi connectivity index (χ3v) is 2.44. The Balaban J connectivity index is 2.83. The van der Waals surface area contributed by atoms with Gasteiger partial charge in [-0.1, -0.05) is 30.4 Å². The van der Waals surface area contributed by atoms with Crippen LogP contribution in [0, 0.1) is 6.92 Å². The maximum absolute atomic E-state index is 13.6. The number of aryl methyl sites for hydroxylation is 1. The van der Waals surface area contributed by atoms with Crippen LogP contribution in [0.5, 0.6) is 0 Å². The van der Waals surface area contributed by atoms with Crippen molar-refractivity contribution >= 4 is 5.69 Å². The topological polar surface area (TPSA) is 12.0 Å². The molecule has 0 aliphatic rings. The molecule has 0 atom stereocenters. The maximum Gasteiger partial charge on any atom is 0.116 e. The molecule has 1 aromatic rings. The van der Waals surface area contributed by atoms with Gasteiger partial charge in [0.1, 0.15) is 11.7 Å². The summed E-state index contributed by atoms with van der Waals surface area (Å²) in [6, 6.07) is 5.80. The second kappa shape index (κ2) is 6.74. The van der Waals surface area contributed by atoms with Gasteiger partial charge < -0.3 is 5.32 Å². The molecule has 0 heterocycles. The SMILES string of the molecule is C=C(F)/C=C\C=C(\F)Cc1cc(C)ccc1NC. The molecule has 0 saturated carbocycles. The van der Waals surface area contributed by atoms with Crippen molar-refractivity contribution in [2.75, 3.05) is 12.4 Å².